The average molecular weight is 419 g/mol. The molecule has 0 aliphatic carbocycles. The van der Waals surface area contributed by atoms with E-state index in [2.05, 4.69) is 0 Å². The van der Waals surface area contributed by atoms with Crippen LogP contribution in [0.25, 0.3) is 0 Å². The van der Waals surface area contributed by atoms with Gasteiger partial charge in [-0.1, -0.05) is 54.7 Å². The van der Waals surface area contributed by atoms with Gasteiger partial charge in [-0.15, -0.1) is 0 Å². The first-order valence-corrected chi connectivity index (χ1v) is 10.7. The molecule has 1 fully saturated rings. The van der Waals surface area contributed by atoms with E-state index < -0.39 is 18.3 Å². The van der Waals surface area contributed by atoms with Crippen molar-refractivity contribution in [3.05, 3.63) is 60.8 Å². The van der Waals surface area contributed by atoms with Gasteiger partial charge < -0.3 is 24.8 Å². The summed E-state index contributed by atoms with van der Waals surface area (Å²) in [6, 6.07) is 0. The molecule has 0 amide bonds. The van der Waals surface area contributed by atoms with Gasteiger partial charge in [0.1, 0.15) is 6.10 Å². The van der Waals surface area contributed by atoms with Crippen LogP contribution in [-0.2, 0) is 14.3 Å². The van der Waals surface area contributed by atoms with E-state index in [0.29, 0.717) is 12.8 Å². The fraction of sp³-hybridized carbons (Fsp3) is 0.542. The van der Waals surface area contributed by atoms with Crippen molar-refractivity contribution >= 4 is 5.97 Å². The Morgan fingerprint density at radius 1 is 0.933 bits per heavy atom. The number of hydrogen-bond acceptors (Lipinski definition) is 6. The first kappa shape index (κ1) is 24.3. The Labute approximate surface area is 178 Å². The number of fused-ring (bicyclic) bond motifs is 1. The summed E-state index contributed by atoms with van der Waals surface area (Å²) in [6.07, 6.45) is 18.5. The molecule has 2 aliphatic heterocycles. The Morgan fingerprint density at radius 3 is 2.57 bits per heavy atom. The van der Waals surface area contributed by atoms with E-state index in [9.17, 15) is 20.1 Å². The summed E-state index contributed by atoms with van der Waals surface area (Å²) in [4.78, 5) is 11.8. The lowest BCUT2D eigenvalue weighted by atomic mass is 10.0. The van der Waals surface area contributed by atoms with Crippen molar-refractivity contribution < 1.29 is 29.6 Å². The molecule has 0 bridgehead atoms. The Hall–Kier alpha value is -1.99. The SMILES string of the molecule is C[C@@H]1CCC/C=C\C=C/[C@H](O)C[C@@H](O)C[C@@H]2O[C@@H]2/C=C\[C@@H](O)C/C=C\C=CC(=O)O1. The maximum atomic E-state index is 11.8. The van der Waals surface area contributed by atoms with Gasteiger partial charge in [0.25, 0.3) is 0 Å². The van der Waals surface area contributed by atoms with Crippen LogP contribution in [0.3, 0.4) is 0 Å². The van der Waals surface area contributed by atoms with Gasteiger partial charge in [-0.3, -0.25) is 0 Å². The first-order valence-electron chi connectivity index (χ1n) is 10.7. The van der Waals surface area contributed by atoms with Crippen LogP contribution in [0.1, 0.15) is 45.4 Å². The number of epoxide rings is 1. The van der Waals surface area contributed by atoms with Crippen molar-refractivity contribution in [3.63, 3.8) is 0 Å². The lowest BCUT2D eigenvalue weighted by molar-refractivity contribution is -0.142. The molecule has 0 saturated carbocycles. The number of rotatable bonds is 0. The third kappa shape index (κ3) is 10.7. The maximum Gasteiger partial charge on any atom is 0.331 e. The molecule has 3 N–H and O–H groups in total. The van der Waals surface area contributed by atoms with Gasteiger partial charge in [0.15, 0.2) is 0 Å². The number of cyclic esters (lactones) is 1. The quantitative estimate of drug-likeness (QED) is 0.318. The second-order valence-corrected chi connectivity index (χ2v) is 7.80. The van der Waals surface area contributed by atoms with Gasteiger partial charge in [-0.25, -0.2) is 4.79 Å². The highest BCUT2D eigenvalue weighted by Gasteiger charge is 2.38. The van der Waals surface area contributed by atoms with Crippen LogP contribution in [0.2, 0.25) is 0 Å². The standard InChI is InChI=1S/C24H34O6/c1-18-10-6-3-2-4-7-12-20(26)16-21(27)17-23-22(30-23)15-14-19(25)11-8-5-9-13-24(28)29-18/h2,4-5,7-9,12-15,18-23,25-27H,3,6,10-11,16-17H2,1H3/b4-2-,8-5-,12-7-,13-9?,15-14-/t18-,19+,20+,21-,22-,23+/m1/s1. The van der Waals surface area contributed by atoms with Crippen molar-refractivity contribution in [1.82, 2.24) is 0 Å². The topological polar surface area (TPSA) is 99.5 Å². The third-order valence-corrected chi connectivity index (χ3v) is 4.90. The molecular formula is C24H34O6. The molecule has 1 saturated heterocycles. The lowest BCUT2D eigenvalue weighted by Crippen LogP contribution is -2.18. The van der Waals surface area contributed by atoms with E-state index in [0.717, 1.165) is 19.3 Å². The minimum atomic E-state index is -0.718. The molecule has 2 heterocycles. The molecule has 30 heavy (non-hydrogen) atoms. The van der Waals surface area contributed by atoms with Crippen LogP contribution in [0.4, 0.5) is 0 Å². The van der Waals surface area contributed by atoms with Crippen LogP contribution >= 0.6 is 0 Å². The number of hydrogen-bond donors (Lipinski definition) is 3. The molecule has 6 atom stereocenters. The molecule has 0 aromatic heterocycles. The van der Waals surface area contributed by atoms with Crippen LogP contribution in [0.15, 0.2) is 60.8 Å². The van der Waals surface area contributed by atoms with Crippen molar-refractivity contribution in [2.45, 2.75) is 82.1 Å². The van der Waals surface area contributed by atoms with E-state index in [1.165, 1.54) is 6.08 Å². The molecule has 0 radical (unpaired) electrons. The number of carbonyl (C=O) groups excluding carboxylic acids is 1. The van der Waals surface area contributed by atoms with Gasteiger partial charge >= 0.3 is 5.97 Å². The predicted octanol–water partition coefficient (Wildman–Crippen LogP) is 2.90. The molecule has 0 spiro atoms. The number of carbonyl (C=O) groups is 1. The van der Waals surface area contributed by atoms with Crippen LogP contribution in [0, 0.1) is 0 Å². The van der Waals surface area contributed by atoms with Gasteiger partial charge in [0.05, 0.1) is 30.5 Å². The highest BCUT2D eigenvalue weighted by Crippen LogP contribution is 2.29. The Bertz CT molecular complexity index is 663. The molecule has 0 aromatic carbocycles. The zero-order valence-corrected chi connectivity index (χ0v) is 17.5. The number of ether oxygens (including phenoxy) is 2. The molecular weight excluding hydrogens is 384 g/mol. The maximum absolute atomic E-state index is 11.8. The molecule has 2 rings (SSSR count). The second-order valence-electron chi connectivity index (χ2n) is 7.80. The fourth-order valence-electron chi connectivity index (χ4n) is 3.17. The summed E-state index contributed by atoms with van der Waals surface area (Å²) >= 11 is 0. The smallest absolute Gasteiger partial charge is 0.331 e. The summed E-state index contributed by atoms with van der Waals surface area (Å²) in [5, 5.41) is 30.1. The first-order chi connectivity index (χ1) is 14.4. The average Bonchev–Trinajstić information content (AvgIpc) is 3.42. The fourth-order valence-corrected chi connectivity index (χ4v) is 3.17. The monoisotopic (exact) mass is 418 g/mol. The zero-order chi connectivity index (χ0) is 21.8. The summed E-state index contributed by atoms with van der Waals surface area (Å²) < 4.78 is 10.8. The van der Waals surface area contributed by atoms with E-state index in [4.69, 9.17) is 9.47 Å². The largest absolute Gasteiger partial charge is 0.460 e. The number of aliphatic hydroxyl groups excluding tert-OH is 3. The van der Waals surface area contributed by atoms with Crippen LogP contribution in [0.5, 0.6) is 0 Å². The van der Waals surface area contributed by atoms with Crippen molar-refractivity contribution in [1.29, 1.82) is 0 Å². The highest BCUT2D eigenvalue weighted by molar-refractivity contribution is 5.82. The van der Waals surface area contributed by atoms with Crippen molar-refractivity contribution in [3.8, 4) is 0 Å². The Kier molecular flexibility index (Phi) is 10.8. The van der Waals surface area contributed by atoms with Crippen molar-refractivity contribution in [2.24, 2.45) is 0 Å². The number of esters is 1. The summed E-state index contributed by atoms with van der Waals surface area (Å²) in [7, 11) is 0. The van der Waals surface area contributed by atoms with Crippen LogP contribution < -0.4 is 0 Å². The zero-order valence-electron chi connectivity index (χ0n) is 17.5. The molecule has 6 heteroatoms. The van der Waals surface area contributed by atoms with Gasteiger partial charge in [0, 0.05) is 18.9 Å². The van der Waals surface area contributed by atoms with Gasteiger partial charge in [0.2, 0.25) is 0 Å². The lowest BCUT2D eigenvalue weighted by Gasteiger charge is -2.11. The minimum Gasteiger partial charge on any atom is -0.460 e. The number of allylic oxidation sites excluding steroid dienone is 5. The summed E-state index contributed by atoms with van der Waals surface area (Å²) in [5.74, 6) is -0.381. The summed E-state index contributed by atoms with van der Waals surface area (Å²) in [6.45, 7) is 1.87. The second kappa shape index (κ2) is 13.3. The predicted molar refractivity (Wildman–Crippen MR) is 116 cm³/mol. The highest BCUT2D eigenvalue weighted by atomic mass is 16.6. The minimum absolute atomic E-state index is 0.0862. The van der Waals surface area contributed by atoms with E-state index in [1.807, 2.05) is 19.1 Å². The Morgan fingerprint density at radius 2 is 1.73 bits per heavy atom. The molecule has 6 nitrogen and oxygen atoms in total. The van der Waals surface area contributed by atoms with Crippen molar-refractivity contribution in [2.75, 3.05) is 0 Å². The van der Waals surface area contributed by atoms with Gasteiger partial charge in [-0.05, 0) is 32.6 Å². The normalized spacial score (nSPS) is 39.0. The Balaban J connectivity index is 1.91. The number of aliphatic hydroxyl groups is 3. The third-order valence-electron chi connectivity index (χ3n) is 4.90. The summed E-state index contributed by atoms with van der Waals surface area (Å²) in [5.41, 5.74) is 0. The van der Waals surface area contributed by atoms with E-state index >= 15 is 0 Å². The molecule has 0 aromatic rings. The van der Waals surface area contributed by atoms with Gasteiger partial charge in [-0.2, -0.15) is 0 Å². The van der Waals surface area contributed by atoms with E-state index in [-0.39, 0.29) is 30.7 Å². The molecule has 0 unspecified atom stereocenters. The van der Waals surface area contributed by atoms with E-state index in [1.54, 1.807) is 42.5 Å². The molecule has 166 valence electrons. The van der Waals surface area contributed by atoms with Crippen LogP contribution in [-0.4, -0.2) is 57.9 Å². The molecule has 2 aliphatic rings.